The molecule has 1 aliphatic rings. The highest BCUT2D eigenvalue weighted by Crippen LogP contribution is 2.28. The number of hydrogen-bond donors (Lipinski definition) is 1. The van der Waals surface area contributed by atoms with Crippen molar-refractivity contribution in [3.63, 3.8) is 0 Å². The third kappa shape index (κ3) is 2.25. The minimum atomic E-state index is -0.986. The summed E-state index contributed by atoms with van der Waals surface area (Å²) in [6.45, 7) is 2.46. The van der Waals surface area contributed by atoms with Gasteiger partial charge in [0.15, 0.2) is 0 Å². The molecule has 0 fully saturated rings. The normalized spacial score (nSPS) is 17.6. The van der Waals surface area contributed by atoms with Gasteiger partial charge in [0.1, 0.15) is 17.7 Å². The van der Waals surface area contributed by atoms with Crippen LogP contribution in [0.3, 0.4) is 0 Å². The van der Waals surface area contributed by atoms with Gasteiger partial charge in [-0.25, -0.2) is 4.39 Å². The van der Waals surface area contributed by atoms with Crippen LogP contribution in [0, 0.1) is 12.7 Å². The van der Waals surface area contributed by atoms with Gasteiger partial charge in [0.2, 0.25) is 0 Å². The average molecular weight is 222 g/mol. The molecule has 0 saturated carbocycles. The molecule has 2 rings (SSSR count). The van der Waals surface area contributed by atoms with Crippen LogP contribution in [-0.4, -0.2) is 11.7 Å². The van der Waals surface area contributed by atoms with Crippen LogP contribution in [0.1, 0.15) is 30.1 Å². The fourth-order valence-electron chi connectivity index (χ4n) is 1.79. The van der Waals surface area contributed by atoms with Crippen LogP contribution in [0.4, 0.5) is 4.39 Å². The molecule has 0 aromatic heterocycles. The van der Waals surface area contributed by atoms with Crippen LogP contribution < -0.4 is 0 Å². The molecule has 0 amide bonds. The lowest BCUT2D eigenvalue weighted by Crippen LogP contribution is -2.11. The number of aliphatic hydroxyl groups excluding tert-OH is 1. The molecule has 0 spiro atoms. The van der Waals surface area contributed by atoms with E-state index >= 15 is 0 Å². The molecule has 1 aliphatic heterocycles. The predicted molar refractivity (Wildman–Crippen MR) is 59.4 cm³/mol. The molecule has 1 unspecified atom stereocenters. The van der Waals surface area contributed by atoms with Crippen molar-refractivity contribution in [2.24, 2.45) is 0 Å². The first kappa shape index (κ1) is 11.1. The van der Waals surface area contributed by atoms with Crippen molar-refractivity contribution in [3.8, 4) is 0 Å². The molecule has 16 heavy (non-hydrogen) atoms. The highest BCUT2D eigenvalue weighted by atomic mass is 19.1. The van der Waals surface area contributed by atoms with Gasteiger partial charge in [-0.05, 0) is 31.9 Å². The molecule has 1 heterocycles. The number of ether oxygens (including phenoxy) is 1. The highest BCUT2D eigenvalue weighted by Gasteiger charge is 2.20. The number of aliphatic hydroxyl groups is 1. The first-order chi connectivity index (χ1) is 7.68. The van der Waals surface area contributed by atoms with E-state index in [9.17, 15) is 9.50 Å². The molecule has 1 aromatic rings. The Morgan fingerprint density at radius 3 is 2.94 bits per heavy atom. The molecule has 1 aromatic carbocycles. The van der Waals surface area contributed by atoms with Crippen LogP contribution in [0.2, 0.25) is 0 Å². The molecule has 0 saturated heterocycles. The first-order valence-corrected chi connectivity index (χ1v) is 5.45. The molecule has 0 aliphatic carbocycles. The summed E-state index contributed by atoms with van der Waals surface area (Å²) in [5, 5.41) is 10.0. The molecule has 2 nitrogen and oxygen atoms in total. The summed E-state index contributed by atoms with van der Waals surface area (Å²) >= 11 is 0. The minimum Gasteiger partial charge on any atom is -0.495 e. The maximum atomic E-state index is 13.5. The maximum Gasteiger partial charge on any atom is 0.138 e. The Labute approximate surface area is 94.4 Å². The summed E-state index contributed by atoms with van der Waals surface area (Å²) in [5.41, 5.74) is 1.21. The molecule has 1 N–H and O–H groups in total. The van der Waals surface area contributed by atoms with Gasteiger partial charge in [0.05, 0.1) is 6.61 Å². The molecular weight excluding hydrogens is 207 g/mol. The van der Waals surface area contributed by atoms with E-state index in [1.54, 1.807) is 12.1 Å². The Morgan fingerprint density at radius 1 is 1.44 bits per heavy atom. The maximum absolute atomic E-state index is 13.5. The lowest BCUT2D eigenvalue weighted by Gasteiger charge is -2.20. The minimum absolute atomic E-state index is 0.285. The summed E-state index contributed by atoms with van der Waals surface area (Å²) in [7, 11) is 0. The predicted octanol–water partition coefficient (Wildman–Crippen LogP) is 2.86. The molecule has 0 bridgehead atoms. The van der Waals surface area contributed by atoms with E-state index in [0.29, 0.717) is 12.4 Å². The summed E-state index contributed by atoms with van der Waals surface area (Å²) in [6, 6.07) is 4.71. The van der Waals surface area contributed by atoms with Crippen molar-refractivity contribution in [1.29, 1.82) is 0 Å². The van der Waals surface area contributed by atoms with E-state index in [0.717, 1.165) is 18.4 Å². The number of halogens is 1. The quantitative estimate of drug-likeness (QED) is 0.833. The van der Waals surface area contributed by atoms with Gasteiger partial charge in [-0.2, -0.15) is 0 Å². The zero-order valence-corrected chi connectivity index (χ0v) is 9.24. The number of aryl methyl sites for hydroxylation is 1. The lowest BCUT2D eigenvalue weighted by molar-refractivity contribution is 0.0897. The molecule has 3 heteroatoms. The van der Waals surface area contributed by atoms with Crippen molar-refractivity contribution in [2.45, 2.75) is 25.9 Å². The summed E-state index contributed by atoms with van der Waals surface area (Å²) < 4.78 is 18.9. The van der Waals surface area contributed by atoms with Gasteiger partial charge in [0, 0.05) is 5.56 Å². The first-order valence-electron chi connectivity index (χ1n) is 5.45. The van der Waals surface area contributed by atoms with Gasteiger partial charge in [0.25, 0.3) is 0 Å². The van der Waals surface area contributed by atoms with Crippen LogP contribution >= 0.6 is 0 Å². The Kier molecular flexibility index (Phi) is 3.25. The van der Waals surface area contributed by atoms with Crippen LogP contribution in [0.5, 0.6) is 0 Å². The Balaban J connectivity index is 2.29. The van der Waals surface area contributed by atoms with Crippen molar-refractivity contribution in [3.05, 3.63) is 47.0 Å². The average Bonchev–Trinajstić information content (AvgIpc) is 2.32. The van der Waals surface area contributed by atoms with E-state index in [1.165, 1.54) is 6.07 Å². The van der Waals surface area contributed by atoms with E-state index in [1.807, 2.05) is 13.0 Å². The van der Waals surface area contributed by atoms with E-state index < -0.39 is 11.9 Å². The van der Waals surface area contributed by atoms with Gasteiger partial charge < -0.3 is 9.84 Å². The van der Waals surface area contributed by atoms with Crippen molar-refractivity contribution < 1.29 is 14.2 Å². The van der Waals surface area contributed by atoms with Crippen LogP contribution in [0.25, 0.3) is 0 Å². The smallest absolute Gasteiger partial charge is 0.138 e. The second-order valence-corrected chi connectivity index (χ2v) is 4.02. The molecule has 86 valence electrons. The SMILES string of the molecule is Cc1ccc(F)c(C(O)C2=CCCCO2)c1. The molecular formula is C13H15FO2. The third-order valence-corrected chi connectivity index (χ3v) is 2.68. The summed E-state index contributed by atoms with van der Waals surface area (Å²) in [5.74, 6) is 0.0731. The fourth-order valence-corrected chi connectivity index (χ4v) is 1.79. The topological polar surface area (TPSA) is 29.5 Å². The van der Waals surface area contributed by atoms with Gasteiger partial charge in [-0.3, -0.25) is 0 Å². The van der Waals surface area contributed by atoms with Crippen molar-refractivity contribution >= 4 is 0 Å². The highest BCUT2D eigenvalue weighted by molar-refractivity contribution is 5.29. The Morgan fingerprint density at radius 2 is 2.25 bits per heavy atom. The van der Waals surface area contributed by atoms with E-state index in [-0.39, 0.29) is 5.56 Å². The molecule has 0 radical (unpaired) electrons. The number of benzene rings is 1. The Bertz CT molecular complexity index is 412. The standard InChI is InChI=1S/C13H15FO2/c1-9-5-6-11(14)10(8-9)13(15)12-4-2-3-7-16-12/h4-6,8,13,15H,2-3,7H2,1H3. The zero-order chi connectivity index (χ0) is 11.5. The Hall–Kier alpha value is -1.35. The number of allylic oxidation sites excluding steroid dienone is 1. The fraction of sp³-hybridized carbons (Fsp3) is 0.385. The monoisotopic (exact) mass is 222 g/mol. The summed E-state index contributed by atoms with van der Waals surface area (Å²) in [4.78, 5) is 0. The van der Waals surface area contributed by atoms with Crippen molar-refractivity contribution in [2.75, 3.05) is 6.61 Å². The number of rotatable bonds is 2. The van der Waals surface area contributed by atoms with Crippen molar-refractivity contribution in [1.82, 2.24) is 0 Å². The second kappa shape index (κ2) is 4.66. The summed E-state index contributed by atoms with van der Waals surface area (Å²) in [6.07, 6.45) is 2.67. The lowest BCUT2D eigenvalue weighted by atomic mass is 10.0. The molecule has 1 atom stereocenters. The largest absolute Gasteiger partial charge is 0.495 e. The third-order valence-electron chi connectivity index (χ3n) is 2.68. The zero-order valence-electron chi connectivity index (χ0n) is 9.24. The van der Waals surface area contributed by atoms with Gasteiger partial charge in [-0.15, -0.1) is 0 Å². The van der Waals surface area contributed by atoms with Crippen LogP contribution in [0.15, 0.2) is 30.0 Å². The second-order valence-electron chi connectivity index (χ2n) is 4.02. The van der Waals surface area contributed by atoms with E-state index in [2.05, 4.69) is 0 Å². The van der Waals surface area contributed by atoms with Gasteiger partial charge in [-0.1, -0.05) is 17.7 Å². The number of hydrogen-bond acceptors (Lipinski definition) is 2. The van der Waals surface area contributed by atoms with Crippen LogP contribution in [-0.2, 0) is 4.74 Å². The van der Waals surface area contributed by atoms with E-state index in [4.69, 9.17) is 4.74 Å². The van der Waals surface area contributed by atoms with Gasteiger partial charge >= 0.3 is 0 Å².